The van der Waals surface area contributed by atoms with Crippen molar-refractivity contribution in [2.24, 2.45) is 4.99 Å². The van der Waals surface area contributed by atoms with E-state index in [0.29, 0.717) is 6.42 Å². The first-order valence-electron chi connectivity index (χ1n) is 7.16. The van der Waals surface area contributed by atoms with Gasteiger partial charge in [-0.25, -0.2) is 0 Å². The van der Waals surface area contributed by atoms with E-state index in [1.165, 1.54) is 12.3 Å². The van der Waals surface area contributed by atoms with E-state index < -0.39 is 5.43 Å². The Morgan fingerprint density at radius 1 is 1.35 bits per heavy atom. The highest BCUT2D eigenvalue weighted by molar-refractivity contribution is 5.89. The van der Waals surface area contributed by atoms with E-state index in [1.54, 1.807) is 17.0 Å². The molecular formula is C18H15N3O2. The van der Waals surface area contributed by atoms with Gasteiger partial charge in [0.15, 0.2) is 5.75 Å². The lowest BCUT2D eigenvalue weighted by Gasteiger charge is -2.12. The first-order chi connectivity index (χ1) is 11.1. The van der Waals surface area contributed by atoms with Crippen molar-refractivity contribution >= 4 is 17.7 Å². The fourth-order valence-electron chi connectivity index (χ4n) is 2.30. The van der Waals surface area contributed by atoms with Crippen LogP contribution >= 0.6 is 0 Å². The highest BCUT2D eigenvalue weighted by Crippen LogP contribution is 2.22. The Balaban J connectivity index is 2.06. The molecule has 0 unspecified atom stereocenters. The number of pyridine rings is 1. The maximum Gasteiger partial charge on any atom is 0.225 e. The smallest absolute Gasteiger partial charge is 0.225 e. The van der Waals surface area contributed by atoms with Crippen LogP contribution in [-0.4, -0.2) is 15.9 Å². The molecule has 0 atom stereocenters. The number of hydrogen-bond donors (Lipinski definition) is 2. The van der Waals surface area contributed by atoms with Crippen molar-refractivity contribution in [3.05, 3.63) is 64.1 Å². The van der Waals surface area contributed by atoms with Crippen molar-refractivity contribution < 1.29 is 5.11 Å². The zero-order valence-electron chi connectivity index (χ0n) is 12.4. The highest BCUT2D eigenvalue weighted by atomic mass is 16.3. The highest BCUT2D eigenvalue weighted by Gasteiger charge is 2.10. The summed E-state index contributed by atoms with van der Waals surface area (Å²) < 4.78 is 1.57. The molecule has 0 saturated heterocycles. The van der Waals surface area contributed by atoms with Crippen molar-refractivity contribution in [1.29, 1.82) is 0 Å². The molecule has 0 spiro atoms. The molecule has 0 amide bonds. The number of anilines is 1. The molecule has 1 aromatic heterocycles. The molecule has 0 radical (unpaired) electrons. The quantitative estimate of drug-likeness (QED) is 0.822. The molecule has 5 nitrogen and oxygen atoms in total. The van der Waals surface area contributed by atoms with Crippen LogP contribution in [0.3, 0.4) is 0 Å². The summed E-state index contributed by atoms with van der Waals surface area (Å²) in [6, 6.07) is 1.20. The monoisotopic (exact) mass is 305 g/mol. The molecule has 1 aliphatic carbocycles. The Kier molecular flexibility index (Phi) is 3.98. The normalized spacial score (nSPS) is 16.4. The van der Waals surface area contributed by atoms with E-state index in [0.717, 1.165) is 23.3 Å². The van der Waals surface area contributed by atoms with Crippen LogP contribution in [0.15, 0.2) is 63.7 Å². The van der Waals surface area contributed by atoms with Crippen LogP contribution < -0.4 is 11.2 Å². The first-order valence-corrected chi connectivity index (χ1v) is 7.16. The second kappa shape index (κ2) is 6.24. The summed E-state index contributed by atoms with van der Waals surface area (Å²) in [5.41, 5.74) is 7.89. The summed E-state index contributed by atoms with van der Waals surface area (Å²) in [5.74, 6) is 6.09. The zero-order chi connectivity index (χ0) is 16.2. The molecule has 0 fully saturated rings. The average molecular weight is 305 g/mol. The van der Waals surface area contributed by atoms with Gasteiger partial charge in [-0.15, -0.1) is 0 Å². The molecule has 0 bridgehead atoms. The minimum Gasteiger partial charge on any atom is -0.503 e. The topological polar surface area (TPSA) is 80.6 Å². The van der Waals surface area contributed by atoms with Gasteiger partial charge >= 0.3 is 0 Å². The third kappa shape index (κ3) is 3.16. The third-order valence-corrected chi connectivity index (χ3v) is 3.46. The number of allylic oxidation sites excluding steroid dienone is 7. The number of rotatable bonds is 2. The number of nitrogen functional groups attached to an aromatic ring is 1. The van der Waals surface area contributed by atoms with Crippen LogP contribution in [0.2, 0.25) is 0 Å². The van der Waals surface area contributed by atoms with Gasteiger partial charge in [0.2, 0.25) is 5.43 Å². The number of hydrogen-bond acceptors (Lipinski definition) is 4. The summed E-state index contributed by atoms with van der Waals surface area (Å²) in [5, 5.41) is 9.67. The van der Waals surface area contributed by atoms with Crippen molar-refractivity contribution in [2.45, 2.75) is 12.8 Å². The summed E-state index contributed by atoms with van der Waals surface area (Å²) >= 11 is 0. The molecule has 23 heavy (non-hydrogen) atoms. The molecular weight excluding hydrogens is 290 g/mol. The number of aromatic nitrogens is 1. The molecule has 114 valence electrons. The maximum atomic E-state index is 11.5. The Labute approximate surface area is 133 Å². The van der Waals surface area contributed by atoms with Crippen LogP contribution in [0.5, 0.6) is 5.75 Å². The molecule has 3 rings (SSSR count). The van der Waals surface area contributed by atoms with Crippen LogP contribution in [0.1, 0.15) is 12.8 Å². The fourth-order valence-corrected chi connectivity index (χ4v) is 2.30. The SMILES string of the molecule is Nc1cc(=O)c(O)cn1C1=CCC#CC(C2=CCC=CN=C2)=C1. The Morgan fingerprint density at radius 3 is 3.09 bits per heavy atom. The predicted octanol–water partition coefficient (Wildman–Crippen LogP) is 2.23. The van der Waals surface area contributed by atoms with Crippen molar-refractivity contribution in [2.75, 3.05) is 5.73 Å². The van der Waals surface area contributed by atoms with Crippen LogP contribution in [-0.2, 0) is 0 Å². The third-order valence-electron chi connectivity index (χ3n) is 3.46. The molecule has 1 aliphatic heterocycles. The number of nitrogens with zero attached hydrogens (tertiary/aromatic N) is 2. The fraction of sp³-hybridized carbons (Fsp3) is 0.111. The molecule has 3 N–H and O–H groups in total. The van der Waals surface area contributed by atoms with Gasteiger partial charge < -0.3 is 15.4 Å². The Hall–Kier alpha value is -3.26. The van der Waals surface area contributed by atoms with Crippen molar-refractivity contribution in [3.63, 3.8) is 0 Å². The number of aromatic hydroxyl groups is 1. The average Bonchev–Trinajstić information content (AvgIpc) is 2.93. The van der Waals surface area contributed by atoms with Gasteiger partial charge in [-0.05, 0) is 18.6 Å². The van der Waals surface area contributed by atoms with Gasteiger partial charge in [-0.3, -0.25) is 9.79 Å². The van der Waals surface area contributed by atoms with E-state index in [-0.39, 0.29) is 11.6 Å². The summed E-state index contributed by atoms with van der Waals surface area (Å²) in [4.78, 5) is 15.6. The Morgan fingerprint density at radius 2 is 2.22 bits per heavy atom. The standard InChI is InChI=1S/C18H15N3O2/c19-18-10-16(22)17(23)12-21(18)15-7-2-1-5-13(9-15)14-6-3-4-8-20-11-14/h4,6-12,23H,2-3,19H2. The van der Waals surface area contributed by atoms with E-state index >= 15 is 0 Å². The maximum absolute atomic E-state index is 11.5. The molecule has 5 heteroatoms. The van der Waals surface area contributed by atoms with E-state index in [9.17, 15) is 9.90 Å². The minimum absolute atomic E-state index is 0.252. The van der Waals surface area contributed by atoms with Crippen molar-refractivity contribution in [1.82, 2.24) is 4.57 Å². The second-order valence-corrected chi connectivity index (χ2v) is 5.07. The zero-order valence-corrected chi connectivity index (χ0v) is 12.4. The summed E-state index contributed by atoms with van der Waals surface area (Å²) in [6.45, 7) is 0. The van der Waals surface area contributed by atoms with Crippen molar-refractivity contribution in [3.8, 4) is 17.6 Å². The largest absolute Gasteiger partial charge is 0.503 e. The van der Waals surface area contributed by atoms with Gasteiger partial charge in [-0.1, -0.05) is 24.0 Å². The summed E-state index contributed by atoms with van der Waals surface area (Å²) in [6.07, 6.45) is 13.9. The predicted molar refractivity (Wildman–Crippen MR) is 91.9 cm³/mol. The van der Waals surface area contributed by atoms with E-state index in [4.69, 9.17) is 5.73 Å². The van der Waals surface area contributed by atoms with Crippen LogP contribution in [0, 0.1) is 11.8 Å². The minimum atomic E-state index is -0.502. The van der Waals surface area contributed by atoms with Gasteiger partial charge in [0.25, 0.3) is 0 Å². The lowest BCUT2D eigenvalue weighted by atomic mass is 10.1. The molecule has 0 aromatic carbocycles. The molecule has 0 saturated carbocycles. The number of nitrogens with two attached hydrogens (primary N) is 1. The van der Waals surface area contributed by atoms with Gasteiger partial charge in [0, 0.05) is 41.7 Å². The Bertz CT molecular complexity index is 916. The van der Waals surface area contributed by atoms with Gasteiger partial charge in [0.1, 0.15) is 5.82 Å². The summed E-state index contributed by atoms with van der Waals surface area (Å²) in [7, 11) is 0. The lowest BCUT2D eigenvalue weighted by Crippen LogP contribution is -2.10. The molecule has 2 aliphatic rings. The molecule has 1 aromatic rings. The second-order valence-electron chi connectivity index (χ2n) is 5.07. The first kappa shape index (κ1) is 14.7. The van der Waals surface area contributed by atoms with Gasteiger partial charge in [-0.2, -0.15) is 0 Å². The molecule has 2 heterocycles. The lowest BCUT2D eigenvalue weighted by molar-refractivity contribution is 0.466. The van der Waals surface area contributed by atoms with Crippen LogP contribution in [0.25, 0.3) is 5.70 Å². The van der Waals surface area contributed by atoms with Gasteiger partial charge in [0.05, 0.1) is 6.20 Å². The van der Waals surface area contributed by atoms with E-state index in [1.807, 2.05) is 24.3 Å². The van der Waals surface area contributed by atoms with Crippen LogP contribution in [0.4, 0.5) is 5.82 Å². The number of aliphatic imine (C=N–C) groups is 1. The van der Waals surface area contributed by atoms with E-state index in [2.05, 4.69) is 16.8 Å².